The van der Waals surface area contributed by atoms with Crippen LogP contribution in [0, 0.1) is 6.92 Å². The quantitative estimate of drug-likeness (QED) is 0.799. The summed E-state index contributed by atoms with van der Waals surface area (Å²) in [5, 5.41) is 0. The van der Waals surface area contributed by atoms with E-state index in [4.69, 9.17) is 5.73 Å². The van der Waals surface area contributed by atoms with E-state index in [0.29, 0.717) is 0 Å². The predicted octanol–water partition coefficient (Wildman–Crippen LogP) is 4.77. The molecule has 1 aliphatic heterocycles. The number of carbonyl (C=O) groups is 1. The van der Waals surface area contributed by atoms with Gasteiger partial charge in [-0.25, -0.2) is 0 Å². The molecule has 3 rings (SSSR count). The summed E-state index contributed by atoms with van der Waals surface area (Å²) in [6.45, 7) is 6.89. The van der Waals surface area contributed by atoms with Crippen molar-refractivity contribution in [2.24, 2.45) is 0 Å². The summed E-state index contributed by atoms with van der Waals surface area (Å²) in [7, 11) is 0. The molecule has 0 saturated carbocycles. The molecule has 1 unspecified atom stereocenters. The Balaban J connectivity index is 0.000000269. The van der Waals surface area contributed by atoms with Gasteiger partial charge in [0.15, 0.2) is 5.78 Å². The van der Waals surface area contributed by atoms with Crippen LogP contribution < -0.4 is 10.6 Å². The van der Waals surface area contributed by atoms with Gasteiger partial charge in [-0.15, -0.1) is 0 Å². The second-order valence-electron chi connectivity index (χ2n) is 6.75. The van der Waals surface area contributed by atoms with E-state index in [0.717, 1.165) is 37.9 Å². The van der Waals surface area contributed by atoms with Gasteiger partial charge in [0.1, 0.15) is 0 Å². The summed E-state index contributed by atoms with van der Waals surface area (Å²) in [4.78, 5) is 14.1. The number of fused-ring (bicyclic) bond motifs is 1. The number of ketones is 1. The Morgan fingerprint density at radius 1 is 1.20 bits per heavy atom. The van der Waals surface area contributed by atoms with Crippen molar-refractivity contribution in [3.8, 4) is 0 Å². The Bertz CT molecular complexity index is 682. The molecule has 2 aromatic carbocycles. The third-order valence-corrected chi connectivity index (χ3v) is 4.65. The van der Waals surface area contributed by atoms with Crippen molar-refractivity contribution in [2.75, 3.05) is 17.2 Å². The van der Waals surface area contributed by atoms with Crippen molar-refractivity contribution in [3.05, 3.63) is 59.7 Å². The monoisotopic (exact) mass is 338 g/mol. The molecule has 0 fully saturated rings. The molecule has 0 aliphatic carbocycles. The fourth-order valence-electron chi connectivity index (χ4n) is 3.28. The van der Waals surface area contributed by atoms with Crippen molar-refractivity contribution in [2.45, 2.75) is 52.5 Å². The minimum absolute atomic E-state index is 0.0369. The first-order valence-corrected chi connectivity index (χ1v) is 9.20. The van der Waals surface area contributed by atoms with E-state index in [1.54, 1.807) is 6.92 Å². The van der Waals surface area contributed by atoms with E-state index in [-0.39, 0.29) is 11.8 Å². The molecule has 1 heterocycles. The van der Waals surface area contributed by atoms with Crippen LogP contribution >= 0.6 is 0 Å². The van der Waals surface area contributed by atoms with Crippen LogP contribution in [0.4, 0.5) is 11.4 Å². The molecule has 0 amide bonds. The van der Waals surface area contributed by atoms with E-state index in [2.05, 4.69) is 36.9 Å². The van der Waals surface area contributed by atoms with Crippen LogP contribution in [0.25, 0.3) is 0 Å². The summed E-state index contributed by atoms with van der Waals surface area (Å²) in [5.41, 5.74) is 10.4. The van der Waals surface area contributed by atoms with Crippen LogP contribution in [-0.2, 0) is 11.2 Å². The maximum Gasteiger partial charge on any atom is 0.152 e. The van der Waals surface area contributed by atoms with E-state index in [9.17, 15) is 4.79 Å². The molecule has 0 radical (unpaired) electrons. The highest BCUT2D eigenvalue weighted by molar-refractivity contribution is 5.86. The molecule has 2 N–H and O–H groups in total. The Kier molecular flexibility index (Phi) is 7.05. The zero-order valence-corrected chi connectivity index (χ0v) is 15.7. The lowest BCUT2D eigenvalue weighted by Gasteiger charge is -2.28. The van der Waals surface area contributed by atoms with Gasteiger partial charge in [0.25, 0.3) is 0 Å². The number of rotatable bonds is 5. The molecule has 1 atom stereocenters. The predicted molar refractivity (Wildman–Crippen MR) is 107 cm³/mol. The Labute approximate surface area is 151 Å². The third kappa shape index (κ3) is 5.35. The number of Topliss-reactive ketones (excluding diaryl/α,β-unsaturated/α-hetero) is 1. The molecule has 134 valence electrons. The van der Waals surface area contributed by atoms with Gasteiger partial charge < -0.3 is 10.6 Å². The first-order chi connectivity index (χ1) is 12.0. The SMILES string of the molecule is CCCCC(C(C)=O)N1CCc2cc(N)ccc21.Cc1ccccc1. The van der Waals surface area contributed by atoms with E-state index >= 15 is 0 Å². The largest absolute Gasteiger partial charge is 0.399 e. The minimum atomic E-state index is 0.0369. The maximum atomic E-state index is 11.8. The summed E-state index contributed by atoms with van der Waals surface area (Å²) >= 11 is 0. The van der Waals surface area contributed by atoms with Gasteiger partial charge >= 0.3 is 0 Å². The lowest BCUT2D eigenvalue weighted by molar-refractivity contribution is -0.118. The number of benzene rings is 2. The Morgan fingerprint density at radius 2 is 1.92 bits per heavy atom. The summed E-state index contributed by atoms with van der Waals surface area (Å²) in [6.07, 6.45) is 4.18. The number of nitrogen functional groups attached to an aromatic ring is 1. The van der Waals surface area contributed by atoms with Gasteiger partial charge in [0.05, 0.1) is 6.04 Å². The van der Waals surface area contributed by atoms with Gasteiger partial charge in [-0.05, 0) is 50.5 Å². The van der Waals surface area contributed by atoms with Crippen LogP contribution in [0.15, 0.2) is 48.5 Å². The molecule has 3 heteroatoms. The minimum Gasteiger partial charge on any atom is -0.399 e. The lowest BCUT2D eigenvalue weighted by atomic mass is 10.0. The van der Waals surface area contributed by atoms with Crippen LogP contribution in [0.1, 0.15) is 44.2 Å². The van der Waals surface area contributed by atoms with Gasteiger partial charge in [-0.3, -0.25) is 4.79 Å². The average Bonchev–Trinajstić information content (AvgIpc) is 2.99. The smallest absolute Gasteiger partial charge is 0.152 e. The second-order valence-corrected chi connectivity index (χ2v) is 6.75. The normalized spacial score (nSPS) is 13.6. The van der Waals surface area contributed by atoms with Crippen molar-refractivity contribution >= 4 is 17.2 Å². The topological polar surface area (TPSA) is 46.3 Å². The highest BCUT2D eigenvalue weighted by atomic mass is 16.1. The number of unbranched alkanes of at least 4 members (excludes halogenated alkanes) is 1. The molecule has 0 aromatic heterocycles. The maximum absolute atomic E-state index is 11.8. The van der Waals surface area contributed by atoms with Crippen LogP contribution in [0.2, 0.25) is 0 Å². The number of nitrogens with two attached hydrogens (primary N) is 1. The number of anilines is 2. The number of nitrogens with zero attached hydrogens (tertiary/aromatic N) is 1. The van der Waals surface area contributed by atoms with Crippen molar-refractivity contribution in [3.63, 3.8) is 0 Å². The molecule has 0 saturated heterocycles. The van der Waals surface area contributed by atoms with Gasteiger partial charge in [0, 0.05) is 17.9 Å². The summed E-state index contributed by atoms with van der Waals surface area (Å²) in [5.74, 6) is 0.271. The summed E-state index contributed by atoms with van der Waals surface area (Å²) in [6, 6.07) is 16.3. The Morgan fingerprint density at radius 3 is 2.48 bits per heavy atom. The number of hydrogen-bond acceptors (Lipinski definition) is 3. The molecule has 3 nitrogen and oxygen atoms in total. The van der Waals surface area contributed by atoms with Crippen molar-refractivity contribution < 1.29 is 4.79 Å². The highest BCUT2D eigenvalue weighted by Crippen LogP contribution is 2.32. The molecule has 1 aliphatic rings. The van der Waals surface area contributed by atoms with Gasteiger partial charge in [-0.2, -0.15) is 0 Å². The van der Waals surface area contributed by atoms with Crippen molar-refractivity contribution in [1.29, 1.82) is 0 Å². The fourth-order valence-corrected chi connectivity index (χ4v) is 3.28. The van der Waals surface area contributed by atoms with Crippen LogP contribution in [0.5, 0.6) is 0 Å². The molecular formula is C22H30N2O. The molecule has 2 aromatic rings. The number of aryl methyl sites for hydroxylation is 1. The number of carbonyl (C=O) groups excluding carboxylic acids is 1. The second kappa shape index (κ2) is 9.26. The first-order valence-electron chi connectivity index (χ1n) is 9.20. The zero-order valence-electron chi connectivity index (χ0n) is 15.7. The highest BCUT2D eigenvalue weighted by Gasteiger charge is 2.28. The fraction of sp³-hybridized carbons (Fsp3) is 0.409. The standard InChI is InChI=1S/C15H22N2O.C7H8/c1-3-4-5-14(11(2)18)17-9-8-12-10-13(16)6-7-15(12)17;1-7-5-3-2-4-6-7/h6-7,10,14H,3-5,8-9,16H2,1-2H3;2-6H,1H3. The molecule has 0 bridgehead atoms. The van der Waals surface area contributed by atoms with E-state index in [1.165, 1.54) is 16.8 Å². The molecule has 0 spiro atoms. The van der Waals surface area contributed by atoms with Crippen LogP contribution in [0.3, 0.4) is 0 Å². The van der Waals surface area contributed by atoms with E-state index < -0.39 is 0 Å². The lowest BCUT2D eigenvalue weighted by Crippen LogP contribution is -2.39. The van der Waals surface area contributed by atoms with Crippen molar-refractivity contribution in [1.82, 2.24) is 0 Å². The van der Waals surface area contributed by atoms with E-state index in [1.807, 2.05) is 30.3 Å². The summed E-state index contributed by atoms with van der Waals surface area (Å²) < 4.78 is 0. The van der Waals surface area contributed by atoms with Gasteiger partial charge in [-0.1, -0.05) is 55.7 Å². The first kappa shape index (κ1) is 19.0. The molecule has 25 heavy (non-hydrogen) atoms. The Hall–Kier alpha value is -2.29. The molecular weight excluding hydrogens is 308 g/mol. The van der Waals surface area contributed by atoms with Gasteiger partial charge in [0.2, 0.25) is 0 Å². The third-order valence-electron chi connectivity index (χ3n) is 4.65. The zero-order chi connectivity index (χ0) is 18.2. The van der Waals surface area contributed by atoms with Crippen LogP contribution in [-0.4, -0.2) is 18.4 Å². The average molecular weight is 338 g/mol. The number of hydrogen-bond donors (Lipinski definition) is 1.